The van der Waals surface area contributed by atoms with E-state index in [1.165, 1.54) is 4.90 Å². The van der Waals surface area contributed by atoms with Gasteiger partial charge in [-0.3, -0.25) is 14.5 Å². The fraction of sp³-hybridized carbons (Fsp3) is 0.200. The average molecular weight is 253 g/mol. The highest BCUT2D eigenvalue weighted by molar-refractivity contribution is 6.25. The standard InChI is InChI=1S/C15H11NO3/c17-14-11-5-1-3-9-4-2-6-12(13(9)11)15(18)16(14)7-10-8-19-10/h1-6,10H,7-8H2/t10-/m1/s1. The Morgan fingerprint density at radius 2 is 1.63 bits per heavy atom. The first kappa shape index (κ1) is 10.7. The summed E-state index contributed by atoms with van der Waals surface area (Å²) in [4.78, 5) is 26.2. The van der Waals surface area contributed by atoms with Crippen LogP contribution in [0.3, 0.4) is 0 Å². The molecule has 94 valence electrons. The van der Waals surface area contributed by atoms with E-state index < -0.39 is 0 Å². The molecule has 0 radical (unpaired) electrons. The molecular formula is C15H11NO3. The zero-order chi connectivity index (χ0) is 13.0. The molecule has 0 bridgehead atoms. The summed E-state index contributed by atoms with van der Waals surface area (Å²) in [5.41, 5.74) is 1.21. The Labute approximate surface area is 109 Å². The van der Waals surface area contributed by atoms with Gasteiger partial charge in [0.05, 0.1) is 19.3 Å². The second kappa shape index (κ2) is 3.65. The Bertz CT molecular complexity index is 668. The zero-order valence-corrected chi connectivity index (χ0v) is 10.1. The normalized spacial score (nSPS) is 21.1. The summed E-state index contributed by atoms with van der Waals surface area (Å²) < 4.78 is 5.12. The van der Waals surface area contributed by atoms with Crippen LogP contribution in [0.5, 0.6) is 0 Å². The number of hydrogen-bond acceptors (Lipinski definition) is 3. The van der Waals surface area contributed by atoms with Crippen molar-refractivity contribution in [3.63, 3.8) is 0 Å². The number of nitrogens with zero attached hydrogens (tertiary/aromatic N) is 1. The highest BCUT2D eigenvalue weighted by Crippen LogP contribution is 2.30. The number of rotatable bonds is 2. The van der Waals surface area contributed by atoms with Gasteiger partial charge in [0.2, 0.25) is 0 Å². The van der Waals surface area contributed by atoms with E-state index in [4.69, 9.17) is 4.74 Å². The molecular weight excluding hydrogens is 242 g/mol. The topological polar surface area (TPSA) is 49.9 Å². The molecule has 2 aromatic rings. The second-order valence-electron chi connectivity index (χ2n) is 4.89. The second-order valence-corrected chi connectivity index (χ2v) is 4.89. The molecule has 4 rings (SSSR count). The summed E-state index contributed by atoms with van der Waals surface area (Å²) >= 11 is 0. The Morgan fingerprint density at radius 1 is 1.05 bits per heavy atom. The molecule has 1 atom stereocenters. The zero-order valence-electron chi connectivity index (χ0n) is 10.1. The molecule has 4 nitrogen and oxygen atoms in total. The lowest BCUT2D eigenvalue weighted by Gasteiger charge is -2.26. The summed E-state index contributed by atoms with van der Waals surface area (Å²) in [6.07, 6.45) is 0.0114. The van der Waals surface area contributed by atoms with Crippen LogP contribution in [-0.4, -0.2) is 36.0 Å². The number of carbonyl (C=O) groups is 2. The summed E-state index contributed by atoms with van der Waals surface area (Å²) in [5.74, 6) is -0.436. The predicted octanol–water partition coefficient (Wildman–Crippen LogP) is 1.83. The molecule has 0 aromatic heterocycles. The van der Waals surface area contributed by atoms with Gasteiger partial charge in [-0.05, 0) is 17.5 Å². The number of ether oxygens (including phenoxy) is 1. The first-order chi connectivity index (χ1) is 9.25. The van der Waals surface area contributed by atoms with Crippen LogP contribution in [0.15, 0.2) is 36.4 Å². The number of hydrogen-bond donors (Lipinski definition) is 0. The minimum Gasteiger partial charge on any atom is -0.371 e. The Hall–Kier alpha value is -2.20. The fourth-order valence-corrected chi connectivity index (χ4v) is 2.62. The van der Waals surface area contributed by atoms with Gasteiger partial charge in [-0.2, -0.15) is 0 Å². The maximum atomic E-state index is 12.4. The minimum atomic E-state index is -0.218. The van der Waals surface area contributed by atoms with Crippen molar-refractivity contribution in [1.29, 1.82) is 0 Å². The summed E-state index contributed by atoms with van der Waals surface area (Å²) in [5, 5.41) is 1.70. The summed E-state index contributed by atoms with van der Waals surface area (Å²) in [6.45, 7) is 0.977. The minimum absolute atomic E-state index is 0.0114. The third kappa shape index (κ3) is 1.50. The lowest BCUT2D eigenvalue weighted by Crippen LogP contribution is -2.42. The number of imide groups is 1. The van der Waals surface area contributed by atoms with E-state index in [9.17, 15) is 9.59 Å². The first-order valence-corrected chi connectivity index (χ1v) is 6.25. The lowest BCUT2D eigenvalue weighted by atomic mass is 9.94. The average Bonchev–Trinajstić information content (AvgIpc) is 3.25. The molecule has 1 saturated heterocycles. The van der Waals surface area contributed by atoms with E-state index in [2.05, 4.69) is 0 Å². The Kier molecular flexibility index (Phi) is 2.05. The summed E-state index contributed by atoms with van der Waals surface area (Å²) in [7, 11) is 0. The Morgan fingerprint density at radius 3 is 2.16 bits per heavy atom. The third-order valence-electron chi connectivity index (χ3n) is 3.64. The molecule has 1 fully saturated rings. The highest BCUT2D eigenvalue weighted by atomic mass is 16.6. The van der Waals surface area contributed by atoms with E-state index in [0.29, 0.717) is 24.3 Å². The quantitative estimate of drug-likeness (QED) is 0.606. The first-order valence-electron chi connectivity index (χ1n) is 6.25. The lowest BCUT2D eigenvalue weighted by molar-refractivity contribution is 0.0598. The van der Waals surface area contributed by atoms with Gasteiger partial charge in [0.15, 0.2) is 0 Å². The maximum absolute atomic E-state index is 12.4. The number of benzene rings is 2. The number of amides is 2. The predicted molar refractivity (Wildman–Crippen MR) is 69.1 cm³/mol. The van der Waals surface area contributed by atoms with Gasteiger partial charge in [-0.1, -0.05) is 24.3 Å². The SMILES string of the molecule is O=C1c2cccc3cccc(c23)C(=O)N1C[C@@H]1CO1. The number of epoxide rings is 1. The Balaban J connectivity index is 1.94. The van der Waals surface area contributed by atoms with Crippen molar-refractivity contribution in [2.45, 2.75) is 6.10 Å². The molecule has 2 heterocycles. The molecule has 4 heteroatoms. The van der Waals surface area contributed by atoms with Crippen LogP contribution in [0, 0.1) is 0 Å². The molecule has 2 aliphatic heterocycles. The molecule has 0 N–H and O–H groups in total. The molecule has 2 amide bonds. The van der Waals surface area contributed by atoms with Crippen LogP contribution >= 0.6 is 0 Å². The van der Waals surface area contributed by atoms with Crippen molar-refractivity contribution in [3.05, 3.63) is 47.5 Å². The van der Waals surface area contributed by atoms with E-state index in [1.54, 1.807) is 12.1 Å². The van der Waals surface area contributed by atoms with Crippen molar-refractivity contribution >= 4 is 22.6 Å². The van der Waals surface area contributed by atoms with Crippen molar-refractivity contribution in [2.75, 3.05) is 13.2 Å². The van der Waals surface area contributed by atoms with Gasteiger partial charge in [0.25, 0.3) is 11.8 Å². The van der Waals surface area contributed by atoms with Crippen molar-refractivity contribution < 1.29 is 14.3 Å². The number of carbonyl (C=O) groups excluding carboxylic acids is 2. The van der Waals surface area contributed by atoms with Crippen molar-refractivity contribution in [3.8, 4) is 0 Å². The van der Waals surface area contributed by atoms with Gasteiger partial charge in [0, 0.05) is 16.5 Å². The van der Waals surface area contributed by atoms with Gasteiger partial charge >= 0.3 is 0 Å². The van der Waals surface area contributed by atoms with Gasteiger partial charge in [-0.25, -0.2) is 0 Å². The van der Waals surface area contributed by atoms with E-state index in [-0.39, 0.29) is 17.9 Å². The van der Waals surface area contributed by atoms with Crippen LogP contribution in [-0.2, 0) is 4.74 Å². The molecule has 0 spiro atoms. The van der Waals surface area contributed by atoms with Gasteiger partial charge < -0.3 is 4.74 Å². The monoisotopic (exact) mass is 253 g/mol. The van der Waals surface area contributed by atoms with E-state index in [0.717, 1.165) is 10.8 Å². The van der Waals surface area contributed by atoms with Crippen LogP contribution in [0.2, 0.25) is 0 Å². The molecule has 19 heavy (non-hydrogen) atoms. The molecule has 2 aromatic carbocycles. The smallest absolute Gasteiger partial charge is 0.261 e. The fourth-order valence-electron chi connectivity index (χ4n) is 2.62. The van der Waals surface area contributed by atoms with Crippen molar-refractivity contribution in [2.24, 2.45) is 0 Å². The van der Waals surface area contributed by atoms with Crippen LogP contribution in [0.4, 0.5) is 0 Å². The molecule has 2 aliphatic rings. The van der Waals surface area contributed by atoms with Gasteiger partial charge in [-0.15, -0.1) is 0 Å². The third-order valence-corrected chi connectivity index (χ3v) is 3.64. The largest absolute Gasteiger partial charge is 0.371 e. The van der Waals surface area contributed by atoms with Crippen LogP contribution in [0.1, 0.15) is 20.7 Å². The van der Waals surface area contributed by atoms with Gasteiger partial charge in [0.1, 0.15) is 0 Å². The van der Waals surface area contributed by atoms with Crippen LogP contribution < -0.4 is 0 Å². The molecule has 0 saturated carbocycles. The van der Waals surface area contributed by atoms with E-state index in [1.807, 2.05) is 24.3 Å². The van der Waals surface area contributed by atoms with Crippen LogP contribution in [0.25, 0.3) is 10.8 Å². The highest BCUT2D eigenvalue weighted by Gasteiger charge is 2.36. The molecule has 0 unspecified atom stereocenters. The summed E-state index contributed by atoms with van der Waals surface area (Å²) in [6, 6.07) is 11.1. The molecule has 0 aliphatic carbocycles. The maximum Gasteiger partial charge on any atom is 0.261 e. The van der Waals surface area contributed by atoms with E-state index >= 15 is 0 Å². The van der Waals surface area contributed by atoms with Crippen molar-refractivity contribution in [1.82, 2.24) is 4.90 Å².